The number of aromatic nitrogens is 3. The molecule has 0 saturated heterocycles. The van der Waals surface area contributed by atoms with Crippen LogP contribution in [0, 0.1) is 6.92 Å². The van der Waals surface area contributed by atoms with Gasteiger partial charge in [0.1, 0.15) is 5.52 Å². The number of rotatable bonds is 2. The summed E-state index contributed by atoms with van der Waals surface area (Å²) < 4.78 is 2.98. The van der Waals surface area contributed by atoms with E-state index in [9.17, 15) is 0 Å². The number of fused-ring (bicyclic) bond motifs is 1. The predicted octanol–water partition coefficient (Wildman–Crippen LogP) is 3.13. The fourth-order valence-electron chi connectivity index (χ4n) is 2.10. The number of aryl methyl sites for hydroxylation is 1. The van der Waals surface area contributed by atoms with Crippen molar-refractivity contribution in [2.45, 2.75) is 13.5 Å². The molecule has 0 aliphatic heterocycles. The maximum atomic E-state index is 5.99. The number of imidazole rings is 1. The van der Waals surface area contributed by atoms with Crippen molar-refractivity contribution >= 4 is 33.0 Å². The molecule has 0 aliphatic rings. The van der Waals surface area contributed by atoms with Crippen molar-refractivity contribution in [2.75, 3.05) is 5.73 Å². The van der Waals surface area contributed by atoms with Gasteiger partial charge in [-0.3, -0.25) is 4.57 Å². The van der Waals surface area contributed by atoms with E-state index in [1.807, 2.05) is 35.9 Å². The summed E-state index contributed by atoms with van der Waals surface area (Å²) in [6, 6.07) is 10.1. The lowest BCUT2D eigenvalue weighted by atomic mass is 10.2. The van der Waals surface area contributed by atoms with Crippen LogP contribution in [0.4, 0.5) is 5.95 Å². The first-order valence-corrected chi connectivity index (χ1v) is 6.75. The van der Waals surface area contributed by atoms with E-state index in [-0.39, 0.29) is 0 Å². The highest BCUT2D eigenvalue weighted by Crippen LogP contribution is 2.19. The topological polar surface area (TPSA) is 56.7 Å². The molecule has 0 saturated carbocycles. The number of halogens is 1. The SMILES string of the molecule is Cc1cnc2c(c1)nc(N)n2Cc1cccc(Br)c1. The Morgan fingerprint density at radius 2 is 2.16 bits per heavy atom. The number of benzene rings is 1. The molecular weight excluding hydrogens is 304 g/mol. The second-order valence-electron chi connectivity index (χ2n) is 4.54. The molecule has 2 heterocycles. The highest BCUT2D eigenvalue weighted by atomic mass is 79.9. The van der Waals surface area contributed by atoms with Crippen LogP contribution in [0.25, 0.3) is 11.2 Å². The molecule has 4 nitrogen and oxygen atoms in total. The van der Waals surface area contributed by atoms with Crippen LogP contribution in [0.5, 0.6) is 0 Å². The largest absolute Gasteiger partial charge is 0.369 e. The van der Waals surface area contributed by atoms with Crippen molar-refractivity contribution < 1.29 is 0 Å². The highest BCUT2D eigenvalue weighted by molar-refractivity contribution is 9.10. The van der Waals surface area contributed by atoms with E-state index in [0.29, 0.717) is 12.5 Å². The van der Waals surface area contributed by atoms with Gasteiger partial charge in [-0.15, -0.1) is 0 Å². The molecule has 96 valence electrons. The summed E-state index contributed by atoms with van der Waals surface area (Å²) in [5.41, 5.74) is 9.89. The Balaban J connectivity index is 2.07. The Hall–Kier alpha value is -1.88. The van der Waals surface area contributed by atoms with Crippen molar-refractivity contribution in [3.05, 3.63) is 52.1 Å². The van der Waals surface area contributed by atoms with Gasteiger partial charge in [0.15, 0.2) is 5.65 Å². The van der Waals surface area contributed by atoms with Crippen molar-refractivity contribution in [1.29, 1.82) is 0 Å². The molecule has 1 aromatic carbocycles. The average Bonchev–Trinajstić information content (AvgIpc) is 2.65. The zero-order valence-corrected chi connectivity index (χ0v) is 12.1. The molecule has 0 unspecified atom stereocenters. The van der Waals surface area contributed by atoms with Crippen LogP contribution in [-0.4, -0.2) is 14.5 Å². The third-order valence-electron chi connectivity index (χ3n) is 2.98. The molecule has 0 radical (unpaired) electrons. The van der Waals surface area contributed by atoms with Crippen molar-refractivity contribution in [3.8, 4) is 0 Å². The molecule has 3 aromatic rings. The summed E-state index contributed by atoms with van der Waals surface area (Å²) in [4.78, 5) is 8.79. The van der Waals surface area contributed by atoms with Gasteiger partial charge in [-0.05, 0) is 36.2 Å². The van der Waals surface area contributed by atoms with E-state index in [0.717, 1.165) is 26.8 Å². The van der Waals surface area contributed by atoms with E-state index < -0.39 is 0 Å². The molecule has 19 heavy (non-hydrogen) atoms. The van der Waals surface area contributed by atoms with Gasteiger partial charge in [-0.1, -0.05) is 28.1 Å². The Morgan fingerprint density at radius 3 is 2.95 bits per heavy atom. The van der Waals surface area contributed by atoms with Crippen molar-refractivity contribution in [1.82, 2.24) is 14.5 Å². The van der Waals surface area contributed by atoms with Gasteiger partial charge in [0.25, 0.3) is 0 Å². The minimum absolute atomic E-state index is 0.494. The zero-order chi connectivity index (χ0) is 13.4. The number of pyridine rings is 1. The molecule has 0 atom stereocenters. The van der Waals surface area contributed by atoms with E-state index in [4.69, 9.17) is 5.73 Å². The fraction of sp³-hybridized carbons (Fsp3) is 0.143. The van der Waals surface area contributed by atoms with E-state index >= 15 is 0 Å². The number of nitrogens with two attached hydrogens (primary N) is 1. The second-order valence-corrected chi connectivity index (χ2v) is 5.46. The summed E-state index contributed by atoms with van der Waals surface area (Å²) in [6.07, 6.45) is 1.83. The normalized spacial score (nSPS) is 11.1. The maximum Gasteiger partial charge on any atom is 0.202 e. The molecule has 2 N–H and O–H groups in total. The quantitative estimate of drug-likeness (QED) is 0.790. The van der Waals surface area contributed by atoms with Crippen LogP contribution < -0.4 is 5.73 Å². The molecular formula is C14H13BrN4. The van der Waals surface area contributed by atoms with Gasteiger partial charge >= 0.3 is 0 Å². The van der Waals surface area contributed by atoms with Crippen LogP contribution in [-0.2, 0) is 6.54 Å². The number of anilines is 1. The van der Waals surface area contributed by atoms with Gasteiger partial charge in [0.05, 0.1) is 6.54 Å². The number of nitrogen functional groups attached to an aromatic ring is 1. The molecule has 3 rings (SSSR count). The maximum absolute atomic E-state index is 5.99. The van der Waals surface area contributed by atoms with E-state index in [1.165, 1.54) is 0 Å². The second kappa shape index (κ2) is 4.66. The lowest BCUT2D eigenvalue weighted by Crippen LogP contribution is -2.05. The number of hydrogen-bond donors (Lipinski definition) is 1. The standard InChI is InChI=1S/C14H13BrN4/c1-9-5-12-13(17-7-9)19(14(16)18-12)8-10-3-2-4-11(15)6-10/h2-7H,8H2,1H3,(H2,16,18). The molecule has 0 bridgehead atoms. The summed E-state index contributed by atoms with van der Waals surface area (Å²) >= 11 is 3.47. The highest BCUT2D eigenvalue weighted by Gasteiger charge is 2.10. The fourth-order valence-corrected chi connectivity index (χ4v) is 2.55. The first-order valence-electron chi connectivity index (χ1n) is 5.96. The smallest absolute Gasteiger partial charge is 0.202 e. The Labute approximate surface area is 119 Å². The lowest BCUT2D eigenvalue weighted by Gasteiger charge is -2.06. The van der Waals surface area contributed by atoms with Gasteiger partial charge < -0.3 is 5.73 Å². The zero-order valence-electron chi connectivity index (χ0n) is 10.5. The van der Waals surface area contributed by atoms with Crippen LogP contribution in [0.3, 0.4) is 0 Å². The predicted molar refractivity (Wildman–Crippen MR) is 79.9 cm³/mol. The first kappa shape index (κ1) is 12.2. The Morgan fingerprint density at radius 1 is 1.32 bits per heavy atom. The van der Waals surface area contributed by atoms with Crippen LogP contribution in [0.1, 0.15) is 11.1 Å². The van der Waals surface area contributed by atoms with Crippen LogP contribution in [0.2, 0.25) is 0 Å². The molecule has 0 fully saturated rings. The third-order valence-corrected chi connectivity index (χ3v) is 3.47. The molecule has 2 aromatic heterocycles. The molecule has 5 heteroatoms. The van der Waals surface area contributed by atoms with Crippen molar-refractivity contribution in [2.24, 2.45) is 0 Å². The number of nitrogens with zero attached hydrogens (tertiary/aromatic N) is 3. The van der Waals surface area contributed by atoms with Crippen molar-refractivity contribution in [3.63, 3.8) is 0 Å². The van der Waals surface area contributed by atoms with Gasteiger partial charge in [0.2, 0.25) is 5.95 Å². The summed E-state index contributed by atoms with van der Waals surface area (Å²) in [5.74, 6) is 0.494. The minimum atomic E-state index is 0.494. The summed E-state index contributed by atoms with van der Waals surface area (Å²) in [7, 11) is 0. The molecule has 0 amide bonds. The van der Waals surface area contributed by atoms with Crippen LogP contribution >= 0.6 is 15.9 Å². The average molecular weight is 317 g/mol. The lowest BCUT2D eigenvalue weighted by molar-refractivity contribution is 0.827. The Kier molecular flexibility index (Phi) is 2.98. The summed E-state index contributed by atoms with van der Waals surface area (Å²) in [6.45, 7) is 2.66. The summed E-state index contributed by atoms with van der Waals surface area (Å²) in [5, 5.41) is 0. The monoisotopic (exact) mass is 316 g/mol. The van der Waals surface area contributed by atoms with E-state index in [2.05, 4.69) is 38.0 Å². The minimum Gasteiger partial charge on any atom is -0.369 e. The number of hydrogen-bond acceptors (Lipinski definition) is 3. The third kappa shape index (κ3) is 2.33. The molecule has 0 aliphatic carbocycles. The van der Waals surface area contributed by atoms with Gasteiger partial charge in [0, 0.05) is 10.7 Å². The molecule has 0 spiro atoms. The van der Waals surface area contributed by atoms with E-state index in [1.54, 1.807) is 0 Å². The van der Waals surface area contributed by atoms with Crippen LogP contribution in [0.15, 0.2) is 41.0 Å². The van der Waals surface area contributed by atoms with Gasteiger partial charge in [-0.25, -0.2) is 9.97 Å². The Bertz CT molecular complexity index is 748. The first-order chi connectivity index (χ1) is 9.13. The van der Waals surface area contributed by atoms with Gasteiger partial charge in [-0.2, -0.15) is 0 Å².